The van der Waals surface area contributed by atoms with Crippen LogP contribution >= 0.6 is 0 Å². The number of hydrogen-bond acceptors (Lipinski definition) is 4. The van der Waals surface area contributed by atoms with E-state index in [9.17, 15) is 4.79 Å². The van der Waals surface area contributed by atoms with Crippen LogP contribution in [0, 0.1) is 0 Å². The molecule has 5 N–H and O–H groups in total. The van der Waals surface area contributed by atoms with Crippen molar-refractivity contribution in [3.05, 3.63) is 24.3 Å². The number of ether oxygens (including phenoxy) is 1. The van der Waals surface area contributed by atoms with Crippen molar-refractivity contribution in [3.8, 4) is 0 Å². The van der Waals surface area contributed by atoms with E-state index in [4.69, 9.17) is 16.2 Å². The van der Waals surface area contributed by atoms with Crippen LogP contribution in [-0.2, 0) is 9.53 Å². The molecule has 0 bridgehead atoms. The lowest BCUT2D eigenvalue weighted by atomic mass is 10.1. The molecule has 0 saturated carbocycles. The Balaban J connectivity index is 0.000000350. The Labute approximate surface area is 158 Å². The van der Waals surface area contributed by atoms with Gasteiger partial charge in [-0.2, -0.15) is 0 Å². The summed E-state index contributed by atoms with van der Waals surface area (Å²) in [6.07, 6.45) is 11.9. The topological polar surface area (TPSA) is 90.4 Å². The number of carbonyl (C=O) groups excluding carboxylic acids is 1. The second-order valence-corrected chi connectivity index (χ2v) is 6.90. The molecule has 0 radical (unpaired) electrons. The zero-order chi connectivity index (χ0) is 19.0. The highest BCUT2D eigenvalue weighted by molar-refractivity contribution is 5.80. The zero-order valence-electron chi connectivity index (χ0n) is 16.3. The Hall–Kier alpha value is -1.75. The van der Waals surface area contributed by atoms with E-state index in [1.54, 1.807) is 12.1 Å². The average molecular weight is 364 g/mol. The van der Waals surface area contributed by atoms with Crippen molar-refractivity contribution in [2.24, 2.45) is 0 Å². The molecule has 1 aliphatic rings. The van der Waals surface area contributed by atoms with Gasteiger partial charge in [-0.05, 0) is 37.8 Å². The molecular formula is C21H37N3O2. The van der Waals surface area contributed by atoms with Gasteiger partial charge >= 0.3 is 0 Å². The maximum Gasteiger partial charge on any atom is 0.249 e. The molecule has 1 aromatic carbocycles. The summed E-state index contributed by atoms with van der Waals surface area (Å²) in [4.78, 5) is 11.7. The van der Waals surface area contributed by atoms with Crippen LogP contribution in [0.4, 0.5) is 11.4 Å². The van der Waals surface area contributed by atoms with Crippen molar-refractivity contribution in [2.45, 2.75) is 77.2 Å². The molecule has 1 unspecified atom stereocenters. The van der Waals surface area contributed by atoms with E-state index >= 15 is 0 Å². The van der Waals surface area contributed by atoms with Crippen molar-refractivity contribution < 1.29 is 9.53 Å². The number of nitrogens with two attached hydrogens (primary N) is 2. The first kappa shape index (κ1) is 22.3. The third kappa shape index (κ3) is 10.3. The van der Waals surface area contributed by atoms with Crippen molar-refractivity contribution >= 4 is 17.3 Å². The van der Waals surface area contributed by atoms with E-state index in [0.717, 1.165) is 38.8 Å². The Morgan fingerprint density at radius 2 is 1.65 bits per heavy atom. The van der Waals surface area contributed by atoms with E-state index in [1.807, 2.05) is 12.1 Å². The number of carbonyl (C=O) groups is 1. The van der Waals surface area contributed by atoms with Crippen LogP contribution in [-0.4, -0.2) is 25.2 Å². The number of anilines is 2. The average Bonchev–Trinajstić information content (AvgIpc) is 2.67. The standard InChI is InChI=1S/C15H29NO2.C6H8N2/c1-2-3-4-5-6-7-9-12-16-15(17)14-11-8-10-13-18-14;7-5-3-1-2-4-6(5)8/h14H,2-13H2,1H3,(H,16,17);1-4H,7-8H2. The molecule has 5 nitrogen and oxygen atoms in total. The lowest BCUT2D eigenvalue weighted by Crippen LogP contribution is -2.38. The van der Waals surface area contributed by atoms with Gasteiger partial charge in [0, 0.05) is 13.2 Å². The number of para-hydroxylation sites is 2. The van der Waals surface area contributed by atoms with Gasteiger partial charge in [0.2, 0.25) is 5.91 Å². The van der Waals surface area contributed by atoms with Gasteiger partial charge in [-0.15, -0.1) is 0 Å². The molecular weight excluding hydrogens is 326 g/mol. The summed E-state index contributed by atoms with van der Waals surface area (Å²) in [6.45, 7) is 3.80. The van der Waals surface area contributed by atoms with Crippen molar-refractivity contribution in [3.63, 3.8) is 0 Å². The molecule has 5 heteroatoms. The number of amides is 1. The molecule has 148 valence electrons. The summed E-state index contributed by atoms with van der Waals surface area (Å²) >= 11 is 0. The number of rotatable bonds is 9. The molecule has 0 aliphatic carbocycles. The maximum atomic E-state index is 11.7. The highest BCUT2D eigenvalue weighted by Gasteiger charge is 2.20. The zero-order valence-corrected chi connectivity index (χ0v) is 16.3. The van der Waals surface area contributed by atoms with Gasteiger partial charge in [-0.25, -0.2) is 0 Å². The maximum absolute atomic E-state index is 11.7. The molecule has 1 atom stereocenters. The van der Waals surface area contributed by atoms with E-state index < -0.39 is 0 Å². The largest absolute Gasteiger partial charge is 0.397 e. The Bertz CT molecular complexity index is 467. The predicted octanol–water partition coefficient (Wildman–Crippen LogP) is 4.27. The SMILES string of the molecule is CCCCCCCCCNC(=O)C1CCCCO1.Nc1ccccc1N. The first-order chi connectivity index (χ1) is 12.6. The summed E-state index contributed by atoms with van der Waals surface area (Å²) in [5.74, 6) is 0.0979. The molecule has 1 fully saturated rings. The molecule has 0 spiro atoms. The normalized spacial score (nSPS) is 16.4. The lowest BCUT2D eigenvalue weighted by Gasteiger charge is -2.21. The van der Waals surface area contributed by atoms with E-state index in [-0.39, 0.29) is 12.0 Å². The fourth-order valence-corrected chi connectivity index (χ4v) is 2.87. The number of nitrogen functional groups attached to an aromatic ring is 2. The lowest BCUT2D eigenvalue weighted by molar-refractivity contribution is -0.135. The smallest absolute Gasteiger partial charge is 0.249 e. The predicted molar refractivity (Wildman–Crippen MR) is 110 cm³/mol. The van der Waals surface area contributed by atoms with Crippen LogP contribution in [0.5, 0.6) is 0 Å². The van der Waals surface area contributed by atoms with Crippen LogP contribution in [0.15, 0.2) is 24.3 Å². The summed E-state index contributed by atoms with van der Waals surface area (Å²) in [6, 6.07) is 7.25. The van der Waals surface area contributed by atoms with E-state index in [1.165, 1.54) is 38.5 Å². The third-order valence-corrected chi connectivity index (χ3v) is 4.55. The van der Waals surface area contributed by atoms with Gasteiger partial charge in [0.15, 0.2) is 0 Å². The van der Waals surface area contributed by atoms with Gasteiger partial charge < -0.3 is 21.5 Å². The molecule has 1 heterocycles. The van der Waals surface area contributed by atoms with Gasteiger partial charge in [0.1, 0.15) is 6.10 Å². The second-order valence-electron chi connectivity index (χ2n) is 6.90. The fraction of sp³-hybridized carbons (Fsp3) is 0.667. The van der Waals surface area contributed by atoms with Crippen LogP contribution < -0.4 is 16.8 Å². The van der Waals surface area contributed by atoms with Crippen LogP contribution in [0.3, 0.4) is 0 Å². The molecule has 1 aromatic rings. The molecule has 2 rings (SSSR count). The highest BCUT2D eigenvalue weighted by atomic mass is 16.5. The summed E-state index contributed by atoms with van der Waals surface area (Å²) in [5, 5.41) is 2.99. The first-order valence-corrected chi connectivity index (χ1v) is 10.1. The van der Waals surface area contributed by atoms with Crippen LogP contribution in [0.2, 0.25) is 0 Å². The van der Waals surface area contributed by atoms with Crippen molar-refractivity contribution in [1.82, 2.24) is 5.32 Å². The Morgan fingerprint density at radius 3 is 2.19 bits per heavy atom. The summed E-state index contributed by atoms with van der Waals surface area (Å²) in [7, 11) is 0. The fourth-order valence-electron chi connectivity index (χ4n) is 2.87. The van der Waals surface area contributed by atoms with E-state index in [2.05, 4.69) is 12.2 Å². The molecule has 26 heavy (non-hydrogen) atoms. The minimum Gasteiger partial charge on any atom is -0.397 e. The minimum atomic E-state index is -0.177. The van der Waals surface area contributed by atoms with Gasteiger partial charge in [0.05, 0.1) is 11.4 Å². The number of hydrogen-bond donors (Lipinski definition) is 3. The Morgan fingerprint density at radius 1 is 1.04 bits per heavy atom. The molecule has 0 aromatic heterocycles. The van der Waals surface area contributed by atoms with Crippen molar-refractivity contribution in [1.29, 1.82) is 0 Å². The van der Waals surface area contributed by atoms with E-state index in [0.29, 0.717) is 11.4 Å². The summed E-state index contributed by atoms with van der Waals surface area (Å²) in [5.41, 5.74) is 12.1. The monoisotopic (exact) mass is 363 g/mol. The number of unbranched alkanes of at least 4 members (excludes halogenated alkanes) is 6. The molecule has 1 aliphatic heterocycles. The minimum absolute atomic E-state index is 0.0979. The van der Waals surface area contributed by atoms with Crippen LogP contribution in [0.25, 0.3) is 0 Å². The molecule has 1 amide bonds. The van der Waals surface area contributed by atoms with Gasteiger partial charge in [-0.3, -0.25) is 4.79 Å². The van der Waals surface area contributed by atoms with Gasteiger partial charge in [0.25, 0.3) is 0 Å². The van der Waals surface area contributed by atoms with Crippen molar-refractivity contribution in [2.75, 3.05) is 24.6 Å². The number of nitrogens with one attached hydrogen (secondary N) is 1. The summed E-state index contributed by atoms with van der Waals surface area (Å²) < 4.78 is 5.45. The quantitative estimate of drug-likeness (QED) is 0.451. The molecule has 1 saturated heterocycles. The highest BCUT2D eigenvalue weighted by Crippen LogP contribution is 2.13. The number of benzene rings is 1. The van der Waals surface area contributed by atoms with Gasteiger partial charge in [-0.1, -0.05) is 57.6 Å². The van der Waals surface area contributed by atoms with Crippen LogP contribution in [0.1, 0.15) is 71.1 Å². The first-order valence-electron chi connectivity index (χ1n) is 10.1. The Kier molecular flexibility index (Phi) is 12.4. The second kappa shape index (κ2) is 14.4. The third-order valence-electron chi connectivity index (χ3n) is 4.55.